The molecule has 1 aliphatic rings. The molecule has 3 rings (SSSR count). The summed E-state index contributed by atoms with van der Waals surface area (Å²) < 4.78 is 6.01. The average Bonchev–Trinajstić information content (AvgIpc) is 2.45. The highest BCUT2D eigenvalue weighted by molar-refractivity contribution is 9.10. The number of rotatable bonds is 1. The highest BCUT2D eigenvalue weighted by Crippen LogP contribution is 2.41. The second-order valence-electron chi connectivity index (χ2n) is 4.59. The van der Waals surface area contributed by atoms with Crippen LogP contribution in [0.1, 0.15) is 21.8 Å². The minimum atomic E-state index is -0.403. The summed E-state index contributed by atoms with van der Waals surface area (Å²) >= 11 is 3.22. The molecule has 0 aromatic heterocycles. The molecule has 1 atom stereocenters. The molecule has 0 fully saturated rings. The van der Waals surface area contributed by atoms with Crippen LogP contribution in [0.3, 0.4) is 0 Å². The lowest BCUT2D eigenvalue weighted by atomic mass is 9.89. The van der Waals surface area contributed by atoms with E-state index >= 15 is 0 Å². The topological polar surface area (TPSA) is 66.8 Å². The number of hydrogen-bond acceptors (Lipinski definition) is 4. The molecule has 1 heterocycles. The van der Waals surface area contributed by atoms with Crippen molar-refractivity contribution in [1.82, 2.24) is 0 Å². The van der Waals surface area contributed by atoms with Crippen LogP contribution in [0.5, 0.6) is 17.2 Å². The standard InChI is InChI=1S/C15H11BrO4/c16-13-12(18)6-5-10-14(19)11(7-20-15(10)13)8-1-3-9(17)4-2-8/h1-6,11,17-18H,7H2/t11-/m0/s1. The van der Waals surface area contributed by atoms with Crippen LogP contribution in [0.15, 0.2) is 40.9 Å². The summed E-state index contributed by atoms with van der Waals surface area (Å²) in [4.78, 5) is 12.5. The lowest BCUT2D eigenvalue weighted by molar-refractivity contribution is 0.0895. The van der Waals surface area contributed by atoms with Crippen molar-refractivity contribution in [2.75, 3.05) is 6.61 Å². The quantitative estimate of drug-likeness (QED) is 0.840. The fourth-order valence-electron chi connectivity index (χ4n) is 2.27. The summed E-state index contributed by atoms with van der Waals surface area (Å²) in [5, 5.41) is 18.9. The molecule has 2 N–H and O–H groups in total. The van der Waals surface area contributed by atoms with E-state index in [2.05, 4.69) is 15.9 Å². The number of carbonyl (C=O) groups is 1. The van der Waals surface area contributed by atoms with Gasteiger partial charge in [-0.25, -0.2) is 0 Å². The number of halogens is 1. The Morgan fingerprint density at radius 1 is 1.10 bits per heavy atom. The molecule has 0 radical (unpaired) electrons. The maximum Gasteiger partial charge on any atom is 0.177 e. The molecule has 0 unspecified atom stereocenters. The van der Waals surface area contributed by atoms with Gasteiger partial charge in [-0.2, -0.15) is 0 Å². The molecule has 0 saturated heterocycles. The molecule has 1 aliphatic heterocycles. The molecule has 0 bridgehead atoms. The Kier molecular flexibility index (Phi) is 3.14. The number of benzene rings is 2. The minimum Gasteiger partial charge on any atom is -0.508 e. The van der Waals surface area contributed by atoms with E-state index in [0.717, 1.165) is 5.56 Å². The Morgan fingerprint density at radius 3 is 2.50 bits per heavy atom. The summed E-state index contributed by atoms with van der Waals surface area (Å²) in [6, 6.07) is 9.53. The van der Waals surface area contributed by atoms with Crippen LogP contribution >= 0.6 is 15.9 Å². The second-order valence-corrected chi connectivity index (χ2v) is 5.39. The third kappa shape index (κ3) is 2.04. The van der Waals surface area contributed by atoms with Crippen molar-refractivity contribution >= 4 is 21.7 Å². The van der Waals surface area contributed by atoms with Crippen LogP contribution in [0.2, 0.25) is 0 Å². The zero-order valence-corrected chi connectivity index (χ0v) is 11.9. The SMILES string of the molecule is O=C1c2ccc(O)c(Br)c2OC[C@H]1c1ccc(O)cc1. The number of phenols is 2. The van der Waals surface area contributed by atoms with Gasteiger partial charge in [-0.05, 0) is 45.8 Å². The van der Waals surface area contributed by atoms with Gasteiger partial charge in [0, 0.05) is 0 Å². The first-order valence-corrected chi connectivity index (χ1v) is 6.84. The maximum atomic E-state index is 12.5. The van der Waals surface area contributed by atoms with Crippen LogP contribution in [-0.4, -0.2) is 22.6 Å². The molecular formula is C15H11BrO4. The van der Waals surface area contributed by atoms with E-state index in [1.165, 1.54) is 6.07 Å². The molecule has 20 heavy (non-hydrogen) atoms. The van der Waals surface area contributed by atoms with Gasteiger partial charge < -0.3 is 14.9 Å². The van der Waals surface area contributed by atoms with Crippen molar-refractivity contribution in [3.05, 3.63) is 52.0 Å². The largest absolute Gasteiger partial charge is 0.508 e. The molecule has 2 aromatic carbocycles. The van der Waals surface area contributed by atoms with Crippen molar-refractivity contribution in [2.45, 2.75) is 5.92 Å². The normalized spacial score (nSPS) is 17.4. The smallest absolute Gasteiger partial charge is 0.177 e. The zero-order chi connectivity index (χ0) is 14.3. The minimum absolute atomic E-state index is 0.0413. The van der Waals surface area contributed by atoms with E-state index in [1.807, 2.05) is 0 Å². The first-order valence-electron chi connectivity index (χ1n) is 6.05. The molecule has 0 spiro atoms. The van der Waals surface area contributed by atoms with Crippen molar-refractivity contribution in [1.29, 1.82) is 0 Å². The van der Waals surface area contributed by atoms with Crippen LogP contribution in [0.4, 0.5) is 0 Å². The van der Waals surface area contributed by atoms with Gasteiger partial charge >= 0.3 is 0 Å². The zero-order valence-electron chi connectivity index (χ0n) is 10.3. The van der Waals surface area contributed by atoms with E-state index in [9.17, 15) is 15.0 Å². The van der Waals surface area contributed by atoms with Gasteiger partial charge in [0.25, 0.3) is 0 Å². The molecule has 0 saturated carbocycles. The summed E-state index contributed by atoms with van der Waals surface area (Å²) in [5.74, 6) is 0.118. The molecular weight excluding hydrogens is 324 g/mol. The van der Waals surface area contributed by atoms with Crippen molar-refractivity contribution in [3.63, 3.8) is 0 Å². The van der Waals surface area contributed by atoms with E-state index in [4.69, 9.17) is 4.74 Å². The van der Waals surface area contributed by atoms with Gasteiger partial charge in [0.05, 0.1) is 11.5 Å². The van der Waals surface area contributed by atoms with Gasteiger partial charge in [0.1, 0.15) is 28.3 Å². The number of phenolic OH excluding ortho intramolecular Hbond substituents is 2. The van der Waals surface area contributed by atoms with Gasteiger partial charge in [-0.3, -0.25) is 4.79 Å². The van der Waals surface area contributed by atoms with E-state index < -0.39 is 5.92 Å². The molecule has 102 valence electrons. The highest BCUT2D eigenvalue weighted by atomic mass is 79.9. The Morgan fingerprint density at radius 2 is 1.80 bits per heavy atom. The van der Waals surface area contributed by atoms with Crippen molar-refractivity contribution in [2.24, 2.45) is 0 Å². The van der Waals surface area contributed by atoms with Crippen LogP contribution < -0.4 is 4.74 Å². The number of ether oxygens (including phenoxy) is 1. The Hall–Kier alpha value is -2.01. The number of hydrogen-bond donors (Lipinski definition) is 2. The Bertz CT molecular complexity index is 679. The van der Waals surface area contributed by atoms with Crippen LogP contribution in [-0.2, 0) is 0 Å². The van der Waals surface area contributed by atoms with E-state index in [0.29, 0.717) is 15.8 Å². The third-order valence-electron chi connectivity index (χ3n) is 3.35. The summed E-state index contributed by atoms with van der Waals surface area (Å²) in [5.41, 5.74) is 1.24. The molecule has 5 heteroatoms. The summed E-state index contributed by atoms with van der Waals surface area (Å²) in [6.45, 7) is 0.207. The predicted molar refractivity (Wildman–Crippen MR) is 76.5 cm³/mol. The number of ketones is 1. The Labute approximate surface area is 123 Å². The van der Waals surface area contributed by atoms with E-state index in [1.54, 1.807) is 30.3 Å². The van der Waals surface area contributed by atoms with Gasteiger partial charge in [-0.15, -0.1) is 0 Å². The van der Waals surface area contributed by atoms with Gasteiger partial charge in [0.2, 0.25) is 0 Å². The number of fused-ring (bicyclic) bond motifs is 1. The maximum absolute atomic E-state index is 12.5. The average molecular weight is 335 g/mol. The first-order chi connectivity index (χ1) is 9.58. The number of carbonyl (C=O) groups excluding carboxylic acids is 1. The lowest BCUT2D eigenvalue weighted by Gasteiger charge is -2.25. The fraction of sp³-hybridized carbons (Fsp3) is 0.133. The molecule has 2 aromatic rings. The Balaban J connectivity index is 2.01. The van der Waals surface area contributed by atoms with Crippen LogP contribution in [0, 0.1) is 0 Å². The lowest BCUT2D eigenvalue weighted by Crippen LogP contribution is -2.26. The van der Waals surface area contributed by atoms with E-state index in [-0.39, 0.29) is 23.9 Å². The summed E-state index contributed by atoms with van der Waals surface area (Å²) in [7, 11) is 0. The predicted octanol–water partition coefficient (Wildman–Crippen LogP) is 3.22. The second kappa shape index (κ2) is 4.83. The van der Waals surface area contributed by atoms with Crippen LogP contribution in [0.25, 0.3) is 0 Å². The van der Waals surface area contributed by atoms with Crippen molar-refractivity contribution in [3.8, 4) is 17.2 Å². The van der Waals surface area contributed by atoms with Gasteiger partial charge in [-0.1, -0.05) is 12.1 Å². The summed E-state index contributed by atoms with van der Waals surface area (Å²) in [6.07, 6.45) is 0. The number of Topliss-reactive ketones (excluding diaryl/α,β-unsaturated/α-hetero) is 1. The van der Waals surface area contributed by atoms with Crippen molar-refractivity contribution < 1.29 is 19.7 Å². The molecule has 0 amide bonds. The monoisotopic (exact) mass is 334 g/mol. The fourth-order valence-corrected chi connectivity index (χ4v) is 2.73. The third-order valence-corrected chi connectivity index (χ3v) is 4.11. The number of aromatic hydroxyl groups is 2. The first kappa shape index (κ1) is 13.0. The highest BCUT2D eigenvalue weighted by Gasteiger charge is 2.32. The van der Waals surface area contributed by atoms with Gasteiger partial charge in [0.15, 0.2) is 5.78 Å². The molecule has 0 aliphatic carbocycles. The molecule has 4 nitrogen and oxygen atoms in total.